The number of rotatable bonds is 4. The zero-order chi connectivity index (χ0) is 8.97. The van der Waals surface area contributed by atoms with Gasteiger partial charge in [0.15, 0.2) is 0 Å². The van der Waals surface area contributed by atoms with Gasteiger partial charge in [-0.25, -0.2) is 0 Å². The zero-order valence-corrected chi connectivity index (χ0v) is 8.64. The van der Waals surface area contributed by atoms with Gasteiger partial charge in [0.05, 0.1) is 0 Å². The molecule has 12 heavy (non-hydrogen) atoms. The number of hydrogen-bond acceptors (Lipinski definition) is 2. The summed E-state index contributed by atoms with van der Waals surface area (Å²) in [6.07, 6.45) is 1.36. The molecule has 0 radical (unpaired) electrons. The highest BCUT2D eigenvalue weighted by Gasteiger charge is 2.24. The Balaban J connectivity index is 2.37. The molecule has 0 spiro atoms. The van der Waals surface area contributed by atoms with Crippen LogP contribution in [0.4, 0.5) is 0 Å². The van der Waals surface area contributed by atoms with Crippen LogP contribution in [0, 0.1) is 5.92 Å². The smallest absolute Gasteiger partial charge is 0.0108 e. The molecule has 0 bridgehead atoms. The van der Waals surface area contributed by atoms with Gasteiger partial charge in [0.2, 0.25) is 0 Å². The fourth-order valence-electron chi connectivity index (χ4n) is 2.19. The van der Waals surface area contributed by atoms with Crippen LogP contribution in [0.1, 0.15) is 27.2 Å². The number of nitrogens with zero attached hydrogens (tertiary/aromatic N) is 1. The summed E-state index contributed by atoms with van der Waals surface area (Å²) >= 11 is 0. The molecule has 0 unspecified atom stereocenters. The van der Waals surface area contributed by atoms with Crippen LogP contribution in [0.25, 0.3) is 0 Å². The molecule has 1 rings (SSSR count). The van der Waals surface area contributed by atoms with Gasteiger partial charge in [0, 0.05) is 6.04 Å². The van der Waals surface area contributed by atoms with Crippen LogP contribution in [0.15, 0.2) is 0 Å². The molecular weight excluding hydrogens is 148 g/mol. The van der Waals surface area contributed by atoms with Gasteiger partial charge < -0.3 is 10.2 Å². The van der Waals surface area contributed by atoms with Crippen LogP contribution in [0.2, 0.25) is 0 Å². The van der Waals surface area contributed by atoms with E-state index in [1.807, 2.05) is 0 Å². The molecule has 0 saturated carbocycles. The van der Waals surface area contributed by atoms with Gasteiger partial charge in [-0.05, 0) is 45.4 Å². The molecule has 0 aliphatic carbocycles. The van der Waals surface area contributed by atoms with Crippen LogP contribution in [-0.4, -0.2) is 37.1 Å². The van der Waals surface area contributed by atoms with Gasteiger partial charge in [-0.15, -0.1) is 0 Å². The van der Waals surface area contributed by atoms with Crippen molar-refractivity contribution in [1.82, 2.24) is 10.2 Å². The average Bonchev–Trinajstić information content (AvgIpc) is 2.58. The second-order valence-electron chi connectivity index (χ2n) is 3.71. The lowest BCUT2D eigenvalue weighted by atomic mass is 9.99. The summed E-state index contributed by atoms with van der Waals surface area (Å²) in [4.78, 5) is 2.55. The maximum absolute atomic E-state index is 3.43. The van der Waals surface area contributed by atoms with Crippen molar-refractivity contribution in [3.8, 4) is 0 Å². The lowest BCUT2D eigenvalue weighted by molar-refractivity contribution is 0.178. The van der Waals surface area contributed by atoms with Gasteiger partial charge >= 0.3 is 0 Å². The van der Waals surface area contributed by atoms with Crippen LogP contribution in [0.3, 0.4) is 0 Å². The summed E-state index contributed by atoms with van der Waals surface area (Å²) in [5.41, 5.74) is 0. The minimum atomic E-state index is 0.759. The minimum absolute atomic E-state index is 0.759. The van der Waals surface area contributed by atoms with Gasteiger partial charge in [0.1, 0.15) is 0 Å². The van der Waals surface area contributed by atoms with Crippen molar-refractivity contribution in [2.45, 2.75) is 33.2 Å². The molecule has 1 N–H and O–H groups in total. The third-order valence-corrected chi connectivity index (χ3v) is 3.17. The number of hydrogen-bond donors (Lipinski definition) is 1. The standard InChI is InChI=1S/C10H22N2/c1-4-12(5-2)9(3)10-6-7-11-8-10/h9-11H,4-8H2,1-3H3/t9-,10+/m1/s1. The summed E-state index contributed by atoms with van der Waals surface area (Å²) in [7, 11) is 0. The van der Waals surface area contributed by atoms with Crippen molar-refractivity contribution in [3.05, 3.63) is 0 Å². The Morgan fingerprint density at radius 1 is 1.42 bits per heavy atom. The van der Waals surface area contributed by atoms with Crippen LogP contribution >= 0.6 is 0 Å². The summed E-state index contributed by atoms with van der Waals surface area (Å²) in [5, 5.41) is 3.43. The van der Waals surface area contributed by atoms with Crippen molar-refractivity contribution < 1.29 is 0 Å². The van der Waals surface area contributed by atoms with Crippen LogP contribution in [0.5, 0.6) is 0 Å². The molecule has 2 nitrogen and oxygen atoms in total. The van der Waals surface area contributed by atoms with Crippen molar-refractivity contribution in [1.29, 1.82) is 0 Å². The maximum atomic E-state index is 3.43. The molecule has 1 aliphatic rings. The highest BCUT2D eigenvalue weighted by Crippen LogP contribution is 2.17. The van der Waals surface area contributed by atoms with E-state index in [1.165, 1.54) is 32.6 Å². The molecule has 1 aliphatic heterocycles. The summed E-state index contributed by atoms with van der Waals surface area (Å²) in [5.74, 6) is 0.880. The summed E-state index contributed by atoms with van der Waals surface area (Å²) in [6.45, 7) is 11.7. The maximum Gasteiger partial charge on any atom is 0.0108 e. The molecule has 1 heterocycles. The van der Waals surface area contributed by atoms with E-state index in [4.69, 9.17) is 0 Å². The molecule has 1 saturated heterocycles. The van der Waals surface area contributed by atoms with E-state index in [1.54, 1.807) is 0 Å². The van der Waals surface area contributed by atoms with Crippen molar-refractivity contribution in [2.75, 3.05) is 26.2 Å². The molecule has 1 fully saturated rings. The van der Waals surface area contributed by atoms with Crippen molar-refractivity contribution >= 4 is 0 Å². The second-order valence-corrected chi connectivity index (χ2v) is 3.71. The first-order valence-electron chi connectivity index (χ1n) is 5.24. The van der Waals surface area contributed by atoms with E-state index in [0.29, 0.717) is 0 Å². The highest BCUT2D eigenvalue weighted by molar-refractivity contribution is 4.81. The third-order valence-electron chi connectivity index (χ3n) is 3.17. The van der Waals surface area contributed by atoms with E-state index in [9.17, 15) is 0 Å². The lowest BCUT2D eigenvalue weighted by Crippen LogP contribution is -2.39. The Hall–Kier alpha value is -0.0800. The first-order chi connectivity index (χ1) is 5.79. The average molecular weight is 170 g/mol. The first-order valence-corrected chi connectivity index (χ1v) is 5.24. The van der Waals surface area contributed by atoms with Crippen LogP contribution < -0.4 is 5.32 Å². The van der Waals surface area contributed by atoms with Gasteiger partial charge in [-0.2, -0.15) is 0 Å². The Morgan fingerprint density at radius 2 is 2.08 bits per heavy atom. The Bertz CT molecular complexity index is 113. The predicted octanol–water partition coefficient (Wildman–Crippen LogP) is 1.33. The summed E-state index contributed by atoms with van der Waals surface area (Å²) < 4.78 is 0. The molecule has 2 heteroatoms. The Kier molecular flexibility index (Phi) is 4.02. The molecule has 72 valence electrons. The fraction of sp³-hybridized carbons (Fsp3) is 1.00. The quantitative estimate of drug-likeness (QED) is 0.684. The molecule has 0 amide bonds. The van der Waals surface area contributed by atoms with Crippen molar-refractivity contribution in [2.24, 2.45) is 5.92 Å². The molecule has 0 aromatic carbocycles. The van der Waals surface area contributed by atoms with E-state index in [2.05, 4.69) is 31.0 Å². The molecule has 2 atom stereocenters. The monoisotopic (exact) mass is 170 g/mol. The molecule has 0 aromatic heterocycles. The topological polar surface area (TPSA) is 15.3 Å². The van der Waals surface area contributed by atoms with Crippen molar-refractivity contribution in [3.63, 3.8) is 0 Å². The predicted molar refractivity (Wildman–Crippen MR) is 53.4 cm³/mol. The summed E-state index contributed by atoms with van der Waals surface area (Å²) in [6, 6.07) is 0.759. The van der Waals surface area contributed by atoms with Crippen LogP contribution in [-0.2, 0) is 0 Å². The number of nitrogens with one attached hydrogen (secondary N) is 1. The van der Waals surface area contributed by atoms with E-state index >= 15 is 0 Å². The van der Waals surface area contributed by atoms with E-state index in [0.717, 1.165) is 12.0 Å². The molecule has 0 aromatic rings. The second kappa shape index (κ2) is 4.83. The molecular formula is C10H22N2. The minimum Gasteiger partial charge on any atom is -0.316 e. The highest BCUT2D eigenvalue weighted by atomic mass is 15.1. The Labute approximate surface area is 76.3 Å². The Morgan fingerprint density at radius 3 is 2.50 bits per heavy atom. The van der Waals surface area contributed by atoms with Gasteiger partial charge in [0.25, 0.3) is 0 Å². The SMILES string of the molecule is CCN(CC)[C@H](C)[C@H]1CCNC1. The third kappa shape index (κ3) is 2.20. The van der Waals surface area contributed by atoms with Gasteiger partial charge in [-0.1, -0.05) is 13.8 Å². The largest absolute Gasteiger partial charge is 0.316 e. The van der Waals surface area contributed by atoms with E-state index in [-0.39, 0.29) is 0 Å². The fourth-order valence-corrected chi connectivity index (χ4v) is 2.19. The normalized spacial score (nSPS) is 26.5. The zero-order valence-electron chi connectivity index (χ0n) is 8.64. The lowest BCUT2D eigenvalue weighted by Gasteiger charge is -2.30. The van der Waals surface area contributed by atoms with Gasteiger partial charge in [-0.3, -0.25) is 0 Å². The first kappa shape index (κ1) is 10.0. The van der Waals surface area contributed by atoms with E-state index < -0.39 is 0 Å².